The van der Waals surface area contributed by atoms with Crippen LogP contribution in [0.5, 0.6) is 0 Å². The largest absolute Gasteiger partial charge is 0.308 e. The van der Waals surface area contributed by atoms with Crippen molar-refractivity contribution < 1.29 is 0 Å². The molecule has 1 fully saturated rings. The molecule has 3 nitrogen and oxygen atoms in total. The molecule has 1 heterocycles. The van der Waals surface area contributed by atoms with Crippen molar-refractivity contribution in [2.45, 2.75) is 38.6 Å². The van der Waals surface area contributed by atoms with Crippen LogP contribution < -0.4 is 5.56 Å². The number of nitrogens with zero attached hydrogens (tertiary/aromatic N) is 2. The highest BCUT2D eigenvalue weighted by Crippen LogP contribution is 2.35. The summed E-state index contributed by atoms with van der Waals surface area (Å²) in [6, 6.07) is 5.83. The van der Waals surface area contributed by atoms with E-state index in [-0.39, 0.29) is 11.1 Å². The summed E-state index contributed by atoms with van der Waals surface area (Å²) in [6.07, 6.45) is 2.13. The minimum Gasteiger partial charge on any atom is -0.308 e. The van der Waals surface area contributed by atoms with Gasteiger partial charge in [-0.1, -0.05) is 13.8 Å². The Hall–Kier alpha value is -1.56. The molecule has 0 saturated heterocycles. The van der Waals surface area contributed by atoms with Gasteiger partial charge < -0.3 is 4.57 Å². The lowest BCUT2D eigenvalue weighted by Gasteiger charge is -2.14. The van der Waals surface area contributed by atoms with Crippen molar-refractivity contribution in [2.24, 2.45) is 0 Å². The predicted octanol–water partition coefficient (Wildman–Crippen LogP) is 2.18. The summed E-state index contributed by atoms with van der Waals surface area (Å²) >= 11 is 0. The number of rotatable bonds is 2. The topological polar surface area (TPSA) is 45.8 Å². The van der Waals surface area contributed by atoms with Gasteiger partial charge in [-0.2, -0.15) is 5.26 Å². The van der Waals surface area contributed by atoms with Gasteiger partial charge in [0.2, 0.25) is 0 Å². The molecule has 1 aromatic rings. The molecule has 1 aliphatic carbocycles. The van der Waals surface area contributed by atoms with E-state index in [1.807, 2.05) is 16.7 Å². The molecule has 3 heteroatoms. The summed E-state index contributed by atoms with van der Waals surface area (Å²) < 4.78 is 1.81. The standard InChI is InChI=1S/C12H14N2O/c1-8(2)11-6-3-9(7-13)12(15)14(11)10-4-5-10/h3,6,8,10H,4-5H2,1-2H3. The first-order chi connectivity index (χ1) is 7.15. The molecule has 0 unspecified atom stereocenters. The zero-order valence-electron chi connectivity index (χ0n) is 9.03. The fraction of sp³-hybridized carbons (Fsp3) is 0.500. The quantitative estimate of drug-likeness (QED) is 0.737. The van der Waals surface area contributed by atoms with Crippen molar-refractivity contribution in [3.63, 3.8) is 0 Å². The van der Waals surface area contributed by atoms with Gasteiger partial charge in [0.25, 0.3) is 5.56 Å². The highest BCUT2D eigenvalue weighted by Gasteiger charge is 2.28. The third kappa shape index (κ3) is 1.68. The van der Waals surface area contributed by atoms with Crippen molar-refractivity contribution >= 4 is 0 Å². The van der Waals surface area contributed by atoms with E-state index >= 15 is 0 Å². The third-order valence-electron chi connectivity index (χ3n) is 2.77. The van der Waals surface area contributed by atoms with Gasteiger partial charge in [-0.3, -0.25) is 4.79 Å². The molecule has 1 saturated carbocycles. The Morgan fingerprint density at radius 3 is 2.60 bits per heavy atom. The molecule has 2 rings (SSSR count). The smallest absolute Gasteiger partial charge is 0.268 e. The van der Waals surface area contributed by atoms with Gasteiger partial charge in [0.15, 0.2) is 0 Å². The maximum atomic E-state index is 11.9. The zero-order chi connectivity index (χ0) is 11.0. The zero-order valence-corrected chi connectivity index (χ0v) is 9.03. The summed E-state index contributed by atoms with van der Waals surface area (Å²) in [5.74, 6) is 0.325. The molecule has 0 radical (unpaired) electrons. The van der Waals surface area contributed by atoms with Crippen LogP contribution in [0.15, 0.2) is 16.9 Å². The number of hydrogen-bond acceptors (Lipinski definition) is 2. The van der Waals surface area contributed by atoms with Gasteiger partial charge in [0.05, 0.1) is 0 Å². The molecule has 0 bridgehead atoms. The molecule has 0 atom stereocenters. The Bertz CT molecular complexity index is 475. The highest BCUT2D eigenvalue weighted by molar-refractivity contribution is 5.29. The summed E-state index contributed by atoms with van der Waals surface area (Å²) in [4.78, 5) is 11.9. The summed E-state index contributed by atoms with van der Waals surface area (Å²) in [7, 11) is 0. The Balaban J connectivity index is 2.64. The van der Waals surface area contributed by atoms with Crippen LogP contribution in [-0.2, 0) is 0 Å². The van der Waals surface area contributed by atoms with Crippen molar-refractivity contribution in [2.75, 3.05) is 0 Å². The van der Waals surface area contributed by atoms with Crippen LogP contribution in [0.4, 0.5) is 0 Å². The summed E-state index contributed by atoms with van der Waals surface area (Å²) in [6.45, 7) is 4.14. The lowest BCUT2D eigenvalue weighted by atomic mass is 10.1. The molecule has 0 N–H and O–H groups in total. The minimum absolute atomic E-state index is 0.119. The van der Waals surface area contributed by atoms with Crippen LogP contribution in [0, 0.1) is 11.3 Å². The Morgan fingerprint density at radius 1 is 1.47 bits per heavy atom. The van der Waals surface area contributed by atoms with Crippen LogP contribution in [0.2, 0.25) is 0 Å². The molecule has 1 aliphatic rings. The second kappa shape index (κ2) is 3.54. The van der Waals surface area contributed by atoms with Crippen molar-refractivity contribution in [1.82, 2.24) is 4.57 Å². The molecule has 78 valence electrons. The van der Waals surface area contributed by atoms with Gasteiger partial charge in [-0.05, 0) is 30.9 Å². The minimum atomic E-state index is -0.119. The van der Waals surface area contributed by atoms with Gasteiger partial charge in [-0.25, -0.2) is 0 Å². The van der Waals surface area contributed by atoms with E-state index < -0.39 is 0 Å². The molecular weight excluding hydrogens is 188 g/mol. The first-order valence-electron chi connectivity index (χ1n) is 5.30. The maximum Gasteiger partial charge on any atom is 0.268 e. The number of nitriles is 1. The highest BCUT2D eigenvalue weighted by atomic mass is 16.1. The second-order valence-electron chi connectivity index (χ2n) is 4.34. The van der Waals surface area contributed by atoms with E-state index in [4.69, 9.17) is 5.26 Å². The number of pyridine rings is 1. The van der Waals surface area contributed by atoms with Crippen LogP contribution in [0.25, 0.3) is 0 Å². The SMILES string of the molecule is CC(C)c1ccc(C#N)c(=O)n1C1CC1. The summed E-state index contributed by atoms with van der Waals surface area (Å²) in [5.41, 5.74) is 1.18. The van der Waals surface area contributed by atoms with E-state index in [9.17, 15) is 4.79 Å². The van der Waals surface area contributed by atoms with Gasteiger partial charge in [-0.15, -0.1) is 0 Å². The Morgan fingerprint density at radius 2 is 2.13 bits per heavy atom. The normalized spacial score (nSPS) is 15.3. The lowest BCUT2D eigenvalue weighted by Crippen LogP contribution is -2.25. The molecule has 1 aromatic heterocycles. The van der Waals surface area contributed by atoms with Crippen LogP contribution in [0.1, 0.15) is 49.9 Å². The first kappa shape index (κ1) is 9.97. The van der Waals surface area contributed by atoms with E-state index in [1.54, 1.807) is 6.07 Å². The first-order valence-corrected chi connectivity index (χ1v) is 5.30. The number of hydrogen-bond donors (Lipinski definition) is 0. The fourth-order valence-corrected chi connectivity index (χ4v) is 1.83. The van der Waals surface area contributed by atoms with E-state index in [0.717, 1.165) is 18.5 Å². The fourth-order valence-electron chi connectivity index (χ4n) is 1.83. The van der Waals surface area contributed by atoms with E-state index in [0.29, 0.717) is 12.0 Å². The molecule has 0 aliphatic heterocycles. The van der Waals surface area contributed by atoms with Crippen molar-refractivity contribution in [3.05, 3.63) is 33.7 Å². The summed E-state index contributed by atoms with van der Waals surface area (Å²) in [5, 5.41) is 8.81. The molecule has 0 amide bonds. The molecule has 15 heavy (non-hydrogen) atoms. The third-order valence-corrected chi connectivity index (χ3v) is 2.77. The molecule has 0 spiro atoms. The van der Waals surface area contributed by atoms with E-state index in [2.05, 4.69) is 13.8 Å². The van der Waals surface area contributed by atoms with Crippen molar-refractivity contribution in [3.8, 4) is 6.07 Å². The Kier molecular flexibility index (Phi) is 2.36. The lowest BCUT2D eigenvalue weighted by molar-refractivity contribution is 0.624. The molecule has 0 aromatic carbocycles. The van der Waals surface area contributed by atoms with Gasteiger partial charge in [0, 0.05) is 11.7 Å². The average Bonchev–Trinajstić information content (AvgIpc) is 3.00. The van der Waals surface area contributed by atoms with Crippen LogP contribution >= 0.6 is 0 Å². The van der Waals surface area contributed by atoms with Crippen LogP contribution in [0.3, 0.4) is 0 Å². The van der Waals surface area contributed by atoms with Gasteiger partial charge >= 0.3 is 0 Å². The predicted molar refractivity (Wildman–Crippen MR) is 57.8 cm³/mol. The number of aromatic nitrogens is 1. The van der Waals surface area contributed by atoms with E-state index in [1.165, 1.54) is 0 Å². The van der Waals surface area contributed by atoms with Crippen molar-refractivity contribution in [1.29, 1.82) is 5.26 Å². The monoisotopic (exact) mass is 202 g/mol. The second-order valence-corrected chi connectivity index (χ2v) is 4.34. The molecular formula is C12H14N2O. The maximum absolute atomic E-state index is 11.9. The van der Waals surface area contributed by atoms with Crippen LogP contribution in [-0.4, -0.2) is 4.57 Å². The average molecular weight is 202 g/mol. The Labute approximate surface area is 89.0 Å². The van der Waals surface area contributed by atoms with Gasteiger partial charge in [0.1, 0.15) is 11.6 Å².